The highest BCUT2D eigenvalue weighted by Gasteiger charge is 2.20. The van der Waals surface area contributed by atoms with Gasteiger partial charge in [-0.2, -0.15) is 0 Å². The molecule has 4 nitrogen and oxygen atoms in total. The second-order valence-corrected chi connectivity index (χ2v) is 4.66. The lowest BCUT2D eigenvalue weighted by molar-refractivity contribution is 0.154. The first-order valence-corrected chi connectivity index (χ1v) is 6.38. The smallest absolute Gasteiger partial charge is 0.161 e. The first-order chi connectivity index (χ1) is 8.74. The van der Waals surface area contributed by atoms with Crippen molar-refractivity contribution in [1.29, 1.82) is 0 Å². The molecule has 0 saturated carbocycles. The number of nitrogens with one attached hydrogen (secondary N) is 1. The first-order valence-electron chi connectivity index (χ1n) is 6.38. The van der Waals surface area contributed by atoms with E-state index in [0.29, 0.717) is 17.5 Å². The monoisotopic (exact) mass is 251 g/mol. The van der Waals surface area contributed by atoms with E-state index < -0.39 is 6.10 Å². The Hall–Kier alpha value is -1.26. The van der Waals surface area contributed by atoms with E-state index in [4.69, 9.17) is 9.47 Å². The third kappa shape index (κ3) is 2.94. The fourth-order valence-corrected chi connectivity index (χ4v) is 2.42. The zero-order valence-electron chi connectivity index (χ0n) is 11.0. The molecule has 1 fully saturated rings. The summed E-state index contributed by atoms with van der Waals surface area (Å²) in [7, 11) is 3.21. The number of hydrogen-bond acceptors (Lipinski definition) is 4. The van der Waals surface area contributed by atoms with Gasteiger partial charge in [0.15, 0.2) is 11.5 Å². The van der Waals surface area contributed by atoms with Crippen molar-refractivity contribution in [1.82, 2.24) is 5.32 Å². The third-order valence-electron chi connectivity index (χ3n) is 3.46. The summed E-state index contributed by atoms with van der Waals surface area (Å²) in [5, 5.41) is 13.6. The Morgan fingerprint density at radius 1 is 1.33 bits per heavy atom. The van der Waals surface area contributed by atoms with E-state index in [-0.39, 0.29) is 0 Å². The molecule has 0 spiro atoms. The summed E-state index contributed by atoms with van der Waals surface area (Å²) < 4.78 is 10.4. The van der Waals surface area contributed by atoms with Gasteiger partial charge in [0.25, 0.3) is 0 Å². The minimum absolute atomic E-state index is 0.424. The molecular formula is C14H21NO3. The molecule has 1 heterocycles. The van der Waals surface area contributed by atoms with Crippen molar-refractivity contribution in [2.75, 3.05) is 20.8 Å². The molecule has 0 aromatic heterocycles. The normalized spacial score (nSPS) is 20.7. The standard InChI is InChI=1S/C14H21NO3/c1-17-13-6-5-10(8-14(13)18-2)12(16)9-11-4-3-7-15-11/h5-6,8,11-12,15-16H,3-4,7,9H2,1-2H3. The van der Waals surface area contributed by atoms with Crippen molar-refractivity contribution >= 4 is 0 Å². The topological polar surface area (TPSA) is 50.7 Å². The van der Waals surface area contributed by atoms with Gasteiger partial charge in [-0.15, -0.1) is 0 Å². The van der Waals surface area contributed by atoms with E-state index in [1.807, 2.05) is 18.2 Å². The molecule has 1 aliphatic rings. The number of ether oxygens (including phenoxy) is 2. The minimum Gasteiger partial charge on any atom is -0.493 e. The molecule has 0 bridgehead atoms. The van der Waals surface area contributed by atoms with Gasteiger partial charge in [-0.25, -0.2) is 0 Å². The maximum Gasteiger partial charge on any atom is 0.161 e. The molecule has 0 amide bonds. The van der Waals surface area contributed by atoms with E-state index >= 15 is 0 Å². The molecular weight excluding hydrogens is 230 g/mol. The predicted octanol–water partition coefficient (Wildman–Crippen LogP) is 1.88. The van der Waals surface area contributed by atoms with E-state index in [1.54, 1.807) is 14.2 Å². The maximum atomic E-state index is 10.2. The van der Waals surface area contributed by atoms with Crippen LogP contribution in [0, 0.1) is 0 Å². The molecule has 2 N–H and O–H groups in total. The number of aliphatic hydroxyl groups is 1. The molecule has 2 atom stereocenters. The summed E-state index contributed by atoms with van der Waals surface area (Å²) in [5.74, 6) is 1.35. The predicted molar refractivity (Wildman–Crippen MR) is 70.1 cm³/mol. The van der Waals surface area contributed by atoms with Gasteiger partial charge in [-0.3, -0.25) is 0 Å². The van der Waals surface area contributed by atoms with Crippen molar-refractivity contribution in [2.24, 2.45) is 0 Å². The molecule has 4 heteroatoms. The Bertz CT molecular complexity index is 389. The molecule has 18 heavy (non-hydrogen) atoms. The summed E-state index contributed by atoms with van der Waals surface area (Å²) in [5.41, 5.74) is 0.876. The van der Waals surface area contributed by atoms with Crippen LogP contribution in [0.1, 0.15) is 30.9 Å². The number of benzene rings is 1. The van der Waals surface area contributed by atoms with E-state index in [2.05, 4.69) is 5.32 Å². The Labute approximate surface area is 108 Å². The van der Waals surface area contributed by atoms with Crippen LogP contribution in [0.2, 0.25) is 0 Å². The maximum absolute atomic E-state index is 10.2. The molecule has 0 radical (unpaired) electrons. The lowest BCUT2D eigenvalue weighted by Crippen LogP contribution is -2.23. The molecule has 1 aromatic carbocycles. The summed E-state index contributed by atoms with van der Waals surface area (Å²) in [6.45, 7) is 1.06. The molecule has 2 unspecified atom stereocenters. The van der Waals surface area contributed by atoms with Crippen molar-refractivity contribution < 1.29 is 14.6 Å². The molecule has 0 aliphatic carbocycles. The summed E-state index contributed by atoms with van der Waals surface area (Å²) >= 11 is 0. The van der Waals surface area contributed by atoms with Crippen molar-refractivity contribution in [3.63, 3.8) is 0 Å². The first kappa shape index (κ1) is 13.2. The van der Waals surface area contributed by atoms with Gasteiger partial charge in [-0.05, 0) is 43.5 Å². The average molecular weight is 251 g/mol. The summed E-state index contributed by atoms with van der Waals surface area (Å²) in [6, 6.07) is 5.99. The van der Waals surface area contributed by atoms with Gasteiger partial charge in [0.2, 0.25) is 0 Å². The van der Waals surface area contributed by atoms with Crippen LogP contribution in [-0.4, -0.2) is 31.9 Å². The molecule has 1 aliphatic heterocycles. The van der Waals surface area contributed by atoms with Crippen LogP contribution >= 0.6 is 0 Å². The van der Waals surface area contributed by atoms with Crippen LogP contribution in [0.4, 0.5) is 0 Å². The highest BCUT2D eigenvalue weighted by atomic mass is 16.5. The van der Waals surface area contributed by atoms with Crippen LogP contribution in [0.3, 0.4) is 0 Å². The summed E-state index contributed by atoms with van der Waals surface area (Å²) in [6.07, 6.45) is 2.63. The van der Waals surface area contributed by atoms with Gasteiger partial charge in [0.1, 0.15) is 0 Å². The Morgan fingerprint density at radius 2 is 2.11 bits per heavy atom. The average Bonchev–Trinajstić information content (AvgIpc) is 2.90. The Balaban J connectivity index is 2.06. The molecule has 1 saturated heterocycles. The Kier molecular flexibility index (Phi) is 4.44. The fourth-order valence-electron chi connectivity index (χ4n) is 2.42. The largest absolute Gasteiger partial charge is 0.493 e. The Morgan fingerprint density at radius 3 is 2.72 bits per heavy atom. The van der Waals surface area contributed by atoms with Gasteiger partial charge in [-0.1, -0.05) is 6.07 Å². The van der Waals surface area contributed by atoms with Gasteiger partial charge in [0.05, 0.1) is 20.3 Å². The van der Waals surface area contributed by atoms with Crippen LogP contribution in [0.15, 0.2) is 18.2 Å². The van der Waals surface area contributed by atoms with Crippen molar-refractivity contribution in [2.45, 2.75) is 31.4 Å². The van der Waals surface area contributed by atoms with Crippen LogP contribution in [-0.2, 0) is 0 Å². The molecule has 2 rings (SSSR count). The highest BCUT2D eigenvalue weighted by Crippen LogP contribution is 2.31. The number of methoxy groups -OCH3 is 2. The van der Waals surface area contributed by atoms with Crippen LogP contribution in [0.25, 0.3) is 0 Å². The van der Waals surface area contributed by atoms with Crippen molar-refractivity contribution in [3.05, 3.63) is 23.8 Å². The fraction of sp³-hybridized carbons (Fsp3) is 0.571. The molecule has 100 valence electrons. The van der Waals surface area contributed by atoms with E-state index in [9.17, 15) is 5.11 Å². The van der Waals surface area contributed by atoms with Gasteiger partial charge in [0, 0.05) is 6.04 Å². The second-order valence-electron chi connectivity index (χ2n) is 4.66. The van der Waals surface area contributed by atoms with E-state index in [0.717, 1.165) is 24.9 Å². The van der Waals surface area contributed by atoms with Gasteiger partial charge >= 0.3 is 0 Å². The quantitative estimate of drug-likeness (QED) is 0.839. The van der Waals surface area contributed by atoms with Crippen molar-refractivity contribution in [3.8, 4) is 11.5 Å². The lowest BCUT2D eigenvalue weighted by Gasteiger charge is -2.17. The number of rotatable bonds is 5. The third-order valence-corrected chi connectivity index (χ3v) is 3.46. The second kappa shape index (κ2) is 6.07. The number of hydrogen-bond donors (Lipinski definition) is 2. The van der Waals surface area contributed by atoms with E-state index in [1.165, 1.54) is 6.42 Å². The zero-order valence-corrected chi connectivity index (χ0v) is 11.0. The molecule has 1 aromatic rings. The van der Waals surface area contributed by atoms with Crippen LogP contribution in [0.5, 0.6) is 11.5 Å². The zero-order chi connectivity index (χ0) is 13.0. The van der Waals surface area contributed by atoms with Gasteiger partial charge < -0.3 is 19.9 Å². The highest BCUT2D eigenvalue weighted by molar-refractivity contribution is 5.43. The lowest BCUT2D eigenvalue weighted by atomic mass is 10.0. The summed E-state index contributed by atoms with van der Waals surface area (Å²) in [4.78, 5) is 0. The van der Waals surface area contributed by atoms with Crippen LogP contribution < -0.4 is 14.8 Å². The SMILES string of the molecule is COc1ccc(C(O)CC2CCCN2)cc1OC. The number of aliphatic hydroxyl groups excluding tert-OH is 1. The minimum atomic E-state index is -0.458.